The summed E-state index contributed by atoms with van der Waals surface area (Å²) in [4.78, 5) is 24.5. The number of nitrogens with one attached hydrogen (secondary N) is 1. The second-order valence-corrected chi connectivity index (χ2v) is 9.63. The van der Waals surface area contributed by atoms with Crippen LogP contribution in [0, 0.1) is 11.8 Å². The lowest BCUT2D eigenvalue weighted by Crippen LogP contribution is -2.47. The maximum Gasteiger partial charge on any atom is 0.335 e. The van der Waals surface area contributed by atoms with Crippen LogP contribution in [-0.4, -0.2) is 56.7 Å². The van der Waals surface area contributed by atoms with Gasteiger partial charge in [0.25, 0.3) is 5.91 Å². The smallest absolute Gasteiger partial charge is 0.335 e. The van der Waals surface area contributed by atoms with E-state index in [1.54, 1.807) is 20.8 Å². The molecule has 3 unspecified atom stereocenters. The molecular weight excluding hydrogens is 346 g/mol. The van der Waals surface area contributed by atoms with Crippen molar-refractivity contribution in [2.24, 2.45) is 11.8 Å². The van der Waals surface area contributed by atoms with Crippen molar-refractivity contribution in [1.82, 2.24) is 5.32 Å². The van der Waals surface area contributed by atoms with E-state index >= 15 is 0 Å². The third-order valence-corrected chi connectivity index (χ3v) is 5.85. The van der Waals surface area contributed by atoms with Crippen LogP contribution in [0.1, 0.15) is 47.5 Å². The zero-order valence-corrected chi connectivity index (χ0v) is 16.6. The molecule has 0 radical (unpaired) electrons. The fraction of sp³-hybridized carbons (Fsp3) is 0.882. The molecule has 1 aliphatic heterocycles. The highest BCUT2D eigenvalue weighted by atomic mass is 32.2. The second-order valence-electron chi connectivity index (χ2n) is 7.41. The number of ether oxygens (including phenoxy) is 2. The van der Waals surface area contributed by atoms with Crippen LogP contribution in [0.2, 0.25) is 0 Å². The summed E-state index contributed by atoms with van der Waals surface area (Å²) < 4.78 is 33.8. The highest BCUT2D eigenvalue weighted by Gasteiger charge is 2.34. The monoisotopic (exact) mass is 377 g/mol. The highest BCUT2D eigenvalue weighted by molar-refractivity contribution is 7.91. The number of carbonyl (C=O) groups is 2. The van der Waals surface area contributed by atoms with Gasteiger partial charge in [0.05, 0.1) is 11.5 Å². The number of sulfone groups is 1. The fourth-order valence-electron chi connectivity index (χ4n) is 2.45. The van der Waals surface area contributed by atoms with E-state index < -0.39 is 40.0 Å². The summed E-state index contributed by atoms with van der Waals surface area (Å²) in [6.45, 7) is 9.72. The molecule has 0 aliphatic carbocycles. The Bertz CT molecular complexity index is 557. The van der Waals surface area contributed by atoms with Crippen LogP contribution in [0.15, 0.2) is 0 Å². The Hall–Kier alpha value is -1.15. The standard InChI is InChI=1S/C17H31NO6S/c1-11(2)6-8-23-13(5)17(20)24-15(12(3)4)16(19)18-14-7-9-25(21,22)10-14/h11-15H,6-10H2,1-5H3,(H,18,19). The number of hydrogen-bond acceptors (Lipinski definition) is 6. The average Bonchev–Trinajstić information content (AvgIpc) is 2.82. The van der Waals surface area contributed by atoms with Crippen LogP contribution in [0.5, 0.6) is 0 Å². The minimum atomic E-state index is -3.08. The van der Waals surface area contributed by atoms with Gasteiger partial charge < -0.3 is 14.8 Å². The predicted octanol–water partition coefficient (Wildman–Crippen LogP) is 1.31. The third-order valence-electron chi connectivity index (χ3n) is 4.08. The third kappa shape index (κ3) is 7.73. The summed E-state index contributed by atoms with van der Waals surface area (Å²) in [5.74, 6) is -0.793. The zero-order chi connectivity index (χ0) is 19.2. The Labute approximate surface area is 150 Å². The van der Waals surface area contributed by atoms with Crippen molar-refractivity contribution in [3.05, 3.63) is 0 Å². The number of rotatable bonds is 9. The lowest BCUT2D eigenvalue weighted by Gasteiger charge is -2.24. The number of esters is 1. The highest BCUT2D eigenvalue weighted by Crippen LogP contribution is 2.14. The summed E-state index contributed by atoms with van der Waals surface area (Å²) >= 11 is 0. The molecule has 1 saturated heterocycles. The van der Waals surface area contributed by atoms with Crippen molar-refractivity contribution >= 4 is 21.7 Å². The molecule has 146 valence electrons. The molecule has 1 fully saturated rings. The summed E-state index contributed by atoms with van der Waals surface area (Å²) in [5, 5.41) is 2.68. The first-order valence-corrected chi connectivity index (χ1v) is 10.7. The van der Waals surface area contributed by atoms with Crippen LogP contribution in [0.4, 0.5) is 0 Å². The van der Waals surface area contributed by atoms with Crippen molar-refractivity contribution in [1.29, 1.82) is 0 Å². The second kappa shape index (κ2) is 9.52. The van der Waals surface area contributed by atoms with Gasteiger partial charge in [0.1, 0.15) is 0 Å². The van der Waals surface area contributed by atoms with Gasteiger partial charge in [-0.05, 0) is 31.6 Å². The first-order valence-electron chi connectivity index (χ1n) is 8.84. The SMILES string of the molecule is CC(C)CCOC(C)C(=O)OC(C(=O)NC1CCS(=O)(=O)C1)C(C)C. The van der Waals surface area contributed by atoms with Crippen LogP contribution in [0.25, 0.3) is 0 Å². The van der Waals surface area contributed by atoms with Gasteiger partial charge in [-0.25, -0.2) is 13.2 Å². The van der Waals surface area contributed by atoms with E-state index in [0.29, 0.717) is 18.9 Å². The van der Waals surface area contributed by atoms with Gasteiger partial charge >= 0.3 is 5.97 Å². The first kappa shape index (κ1) is 21.9. The quantitative estimate of drug-likeness (QED) is 0.608. The molecule has 0 aromatic rings. The molecule has 25 heavy (non-hydrogen) atoms. The van der Waals surface area contributed by atoms with E-state index in [9.17, 15) is 18.0 Å². The van der Waals surface area contributed by atoms with Crippen molar-refractivity contribution in [2.75, 3.05) is 18.1 Å². The van der Waals surface area contributed by atoms with E-state index in [-0.39, 0.29) is 17.4 Å². The summed E-state index contributed by atoms with van der Waals surface area (Å²) in [6, 6.07) is -0.419. The molecule has 8 heteroatoms. The molecule has 1 aliphatic rings. The van der Waals surface area contributed by atoms with Gasteiger partial charge in [-0.2, -0.15) is 0 Å². The Kier molecular flexibility index (Phi) is 8.34. The Morgan fingerprint density at radius 1 is 1.16 bits per heavy atom. The van der Waals surface area contributed by atoms with Crippen LogP contribution >= 0.6 is 0 Å². The molecule has 0 saturated carbocycles. The summed E-state index contributed by atoms with van der Waals surface area (Å²) in [5.41, 5.74) is 0. The molecule has 0 aromatic carbocycles. The molecule has 0 bridgehead atoms. The molecule has 3 atom stereocenters. The molecule has 7 nitrogen and oxygen atoms in total. The van der Waals surface area contributed by atoms with E-state index in [2.05, 4.69) is 19.2 Å². The molecule has 1 N–H and O–H groups in total. The van der Waals surface area contributed by atoms with E-state index in [1.165, 1.54) is 0 Å². The van der Waals surface area contributed by atoms with Gasteiger partial charge in [-0.3, -0.25) is 4.79 Å². The van der Waals surface area contributed by atoms with Gasteiger partial charge in [0.15, 0.2) is 22.0 Å². The van der Waals surface area contributed by atoms with Gasteiger partial charge in [0, 0.05) is 12.6 Å². The van der Waals surface area contributed by atoms with Crippen LogP contribution in [0.3, 0.4) is 0 Å². The molecular formula is C17H31NO6S. The molecule has 1 heterocycles. The zero-order valence-electron chi connectivity index (χ0n) is 15.8. The van der Waals surface area contributed by atoms with E-state index in [4.69, 9.17) is 9.47 Å². The minimum Gasteiger partial charge on any atom is -0.450 e. The van der Waals surface area contributed by atoms with Crippen molar-refractivity contribution in [3.8, 4) is 0 Å². The average molecular weight is 378 g/mol. The van der Waals surface area contributed by atoms with Gasteiger partial charge in [-0.15, -0.1) is 0 Å². The minimum absolute atomic E-state index is 0.0633. The number of hydrogen-bond donors (Lipinski definition) is 1. The van der Waals surface area contributed by atoms with Gasteiger partial charge in [0.2, 0.25) is 0 Å². The number of amides is 1. The summed E-state index contributed by atoms with van der Waals surface area (Å²) in [6.07, 6.45) is -0.490. The Balaban J connectivity index is 2.55. The van der Waals surface area contributed by atoms with Crippen LogP contribution in [-0.2, 0) is 28.9 Å². The molecule has 0 spiro atoms. The summed E-state index contributed by atoms with van der Waals surface area (Å²) in [7, 11) is -3.08. The van der Waals surface area contributed by atoms with Crippen molar-refractivity contribution < 1.29 is 27.5 Å². The maximum atomic E-state index is 12.4. The molecule has 0 aromatic heterocycles. The Morgan fingerprint density at radius 3 is 2.28 bits per heavy atom. The molecule has 1 amide bonds. The largest absolute Gasteiger partial charge is 0.450 e. The first-order chi connectivity index (χ1) is 11.5. The lowest BCUT2D eigenvalue weighted by molar-refractivity contribution is -0.168. The number of carbonyl (C=O) groups excluding carboxylic acids is 2. The van der Waals surface area contributed by atoms with Crippen LogP contribution < -0.4 is 5.32 Å². The van der Waals surface area contributed by atoms with Gasteiger partial charge in [-0.1, -0.05) is 27.7 Å². The van der Waals surface area contributed by atoms with E-state index in [0.717, 1.165) is 6.42 Å². The fourth-order valence-corrected chi connectivity index (χ4v) is 4.13. The normalized spacial score (nSPS) is 22.0. The van der Waals surface area contributed by atoms with Crippen molar-refractivity contribution in [2.45, 2.75) is 65.7 Å². The Morgan fingerprint density at radius 2 is 1.80 bits per heavy atom. The van der Waals surface area contributed by atoms with Crippen molar-refractivity contribution in [3.63, 3.8) is 0 Å². The van der Waals surface area contributed by atoms with E-state index in [1.807, 2.05) is 0 Å². The lowest BCUT2D eigenvalue weighted by atomic mass is 10.1. The maximum absolute atomic E-state index is 12.4. The topological polar surface area (TPSA) is 98.8 Å². The predicted molar refractivity (Wildman–Crippen MR) is 94.8 cm³/mol. The molecule has 1 rings (SSSR count).